The Kier molecular flexibility index (Phi) is 9.78. The van der Waals surface area contributed by atoms with E-state index in [-0.39, 0.29) is 0 Å². The zero-order chi connectivity index (χ0) is 51.4. The highest BCUT2D eigenvalue weighted by Crippen LogP contribution is 2.48. The maximum absolute atomic E-state index is 6.32. The van der Waals surface area contributed by atoms with Crippen LogP contribution in [0, 0.1) is 0 Å². The highest BCUT2D eigenvalue weighted by atomic mass is 16.5. The average Bonchev–Trinajstić information content (AvgIpc) is 4.41. The molecule has 5 heteroatoms. The summed E-state index contributed by atoms with van der Waals surface area (Å²) >= 11 is 0. The number of fused-ring (bicyclic) bond motifs is 15. The Morgan fingerprint density at radius 1 is 0.346 bits per heavy atom. The number of para-hydroxylation sites is 3. The van der Waals surface area contributed by atoms with E-state index in [4.69, 9.17) is 9.15 Å². The summed E-state index contributed by atoms with van der Waals surface area (Å²) in [6.45, 7) is 4.32. The molecule has 0 atom stereocenters. The Balaban J connectivity index is 1.02. The van der Waals surface area contributed by atoms with Gasteiger partial charge in [0.1, 0.15) is 22.7 Å². The van der Waals surface area contributed by atoms with Crippen molar-refractivity contribution in [2.24, 2.45) is 0 Å². The molecule has 0 spiro atoms. The first-order valence-corrected chi connectivity index (χ1v) is 26.6. The van der Waals surface area contributed by atoms with Gasteiger partial charge in [0.15, 0.2) is 0 Å². The summed E-state index contributed by atoms with van der Waals surface area (Å²) < 4.78 is 20.1. The largest absolute Gasteiger partial charge is 0.458 e. The van der Waals surface area contributed by atoms with Crippen molar-refractivity contribution in [2.75, 3.05) is 0 Å². The molecule has 0 saturated heterocycles. The van der Waals surface area contributed by atoms with E-state index in [0.29, 0.717) is 12.2 Å². The summed E-state index contributed by atoms with van der Waals surface area (Å²) in [6, 6.07) is 88.0. The molecular weight excluding hydrogens is 951 g/mol. The van der Waals surface area contributed by atoms with Crippen LogP contribution < -0.4 is 4.74 Å². The van der Waals surface area contributed by atoms with Gasteiger partial charge in [-0.3, -0.25) is 0 Å². The van der Waals surface area contributed by atoms with Crippen molar-refractivity contribution in [1.29, 1.82) is 0 Å². The van der Waals surface area contributed by atoms with Crippen LogP contribution in [0.1, 0.15) is 5.56 Å². The van der Waals surface area contributed by atoms with Crippen molar-refractivity contribution >= 4 is 93.1 Å². The van der Waals surface area contributed by atoms with Crippen LogP contribution >= 0.6 is 0 Å². The maximum atomic E-state index is 6.32. The number of allylic oxidation sites excluding steroid dienone is 4. The van der Waals surface area contributed by atoms with Crippen molar-refractivity contribution in [3.8, 4) is 50.5 Å². The molecule has 16 rings (SSSR count). The number of rotatable bonds is 6. The molecule has 15 aromatic rings. The molecule has 5 nitrogen and oxygen atoms in total. The lowest BCUT2D eigenvalue weighted by Crippen LogP contribution is -1.97. The first kappa shape index (κ1) is 44.0. The molecule has 4 aromatic heterocycles. The van der Waals surface area contributed by atoms with Crippen molar-refractivity contribution in [1.82, 2.24) is 13.7 Å². The van der Waals surface area contributed by atoms with Crippen LogP contribution in [-0.4, -0.2) is 13.7 Å². The highest BCUT2D eigenvalue weighted by Gasteiger charge is 2.26. The second-order valence-corrected chi connectivity index (χ2v) is 20.5. The number of ether oxygens (including phenoxy) is 1. The fourth-order valence-corrected chi connectivity index (χ4v) is 12.5. The zero-order valence-corrected chi connectivity index (χ0v) is 42.4. The van der Waals surface area contributed by atoms with Crippen LogP contribution in [0.4, 0.5) is 0 Å². The summed E-state index contributed by atoms with van der Waals surface area (Å²) in [5.74, 6) is 1.41. The highest BCUT2D eigenvalue weighted by molar-refractivity contribution is 6.32. The van der Waals surface area contributed by atoms with Gasteiger partial charge in [0.05, 0.1) is 33.1 Å². The van der Waals surface area contributed by atoms with Gasteiger partial charge in [0.25, 0.3) is 0 Å². The van der Waals surface area contributed by atoms with E-state index in [1.54, 1.807) is 0 Å². The third kappa shape index (κ3) is 6.81. The van der Waals surface area contributed by atoms with E-state index < -0.39 is 0 Å². The third-order valence-corrected chi connectivity index (χ3v) is 16.0. The van der Waals surface area contributed by atoms with Gasteiger partial charge in [-0.2, -0.15) is 0 Å². The van der Waals surface area contributed by atoms with Gasteiger partial charge in [-0.1, -0.05) is 170 Å². The number of furan rings is 1. The van der Waals surface area contributed by atoms with E-state index in [1.165, 1.54) is 49.0 Å². The van der Waals surface area contributed by atoms with Gasteiger partial charge >= 0.3 is 0 Å². The summed E-state index contributed by atoms with van der Waals surface area (Å²) in [4.78, 5) is 0. The Labute approximate surface area is 449 Å². The van der Waals surface area contributed by atoms with Crippen LogP contribution in [0.2, 0.25) is 0 Å². The topological polar surface area (TPSA) is 37.2 Å². The first-order valence-electron chi connectivity index (χ1n) is 26.6. The average molecular weight is 998 g/mol. The fourth-order valence-electron chi connectivity index (χ4n) is 12.5. The lowest BCUT2D eigenvalue weighted by atomic mass is 10.0. The van der Waals surface area contributed by atoms with Gasteiger partial charge in [0, 0.05) is 60.2 Å². The predicted octanol–water partition coefficient (Wildman–Crippen LogP) is 19.4. The standard InChI is InChI=1S/C73H47N3O2/c1-46-28-33-55(34-29-49-20-11-13-26-67(49)77-46)74-63-37-30-51(47-16-5-2-6-17-47)44-61(63)70-65(74)39-35-58-59-36-40-66-71(73(59)76(72(58)70)54-22-9-4-10-23-54)62-45-52(48-18-7-3-8-19-48)31-38-64(62)75(66)56-24-15-21-50(42-56)53-32-41-69-60(43-53)57-25-12-14-27-68(57)78-69/h2-28,30-45H,1,29H2/b33-28-,55-34+. The van der Waals surface area contributed by atoms with Crippen molar-refractivity contribution in [3.63, 3.8) is 0 Å². The molecule has 0 bridgehead atoms. The van der Waals surface area contributed by atoms with Crippen LogP contribution in [-0.2, 0) is 6.42 Å². The molecule has 0 unspecified atom stereocenters. The lowest BCUT2D eigenvalue weighted by molar-refractivity contribution is 0.443. The van der Waals surface area contributed by atoms with Gasteiger partial charge in [-0.15, -0.1) is 0 Å². The van der Waals surface area contributed by atoms with Crippen molar-refractivity contribution in [2.45, 2.75) is 6.42 Å². The molecule has 366 valence electrons. The first-order chi connectivity index (χ1) is 38.6. The molecule has 0 amide bonds. The van der Waals surface area contributed by atoms with Gasteiger partial charge in [0.2, 0.25) is 0 Å². The number of aromatic nitrogens is 3. The molecule has 5 heterocycles. The van der Waals surface area contributed by atoms with Crippen molar-refractivity contribution in [3.05, 3.63) is 279 Å². The smallest absolute Gasteiger partial charge is 0.135 e. The van der Waals surface area contributed by atoms with Crippen LogP contribution in [0.5, 0.6) is 5.75 Å². The minimum Gasteiger partial charge on any atom is -0.458 e. The Hall–Kier alpha value is -10.4. The van der Waals surface area contributed by atoms with E-state index >= 15 is 0 Å². The summed E-state index contributed by atoms with van der Waals surface area (Å²) in [5, 5.41) is 9.34. The fraction of sp³-hybridized carbons (Fsp3) is 0.0137. The quantitative estimate of drug-likeness (QED) is 0.166. The van der Waals surface area contributed by atoms with Gasteiger partial charge in [-0.25, -0.2) is 0 Å². The van der Waals surface area contributed by atoms with Crippen LogP contribution in [0.15, 0.2) is 278 Å². The number of benzene rings is 11. The molecule has 0 N–H and O–H groups in total. The normalized spacial score (nSPS) is 14.1. The van der Waals surface area contributed by atoms with Crippen molar-refractivity contribution < 1.29 is 9.15 Å². The Bertz CT molecular complexity index is 5030. The second-order valence-electron chi connectivity index (χ2n) is 20.5. The summed E-state index contributed by atoms with van der Waals surface area (Å²) in [5.41, 5.74) is 19.9. The zero-order valence-electron chi connectivity index (χ0n) is 42.4. The Morgan fingerprint density at radius 2 is 0.872 bits per heavy atom. The van der Waals surface area contributed by atoms with E-state index in [1.807, 2.05) is 30.3 Å². The summed E-state index contributed by atoms with van der Waals surface area (Å²) in [6.07, 6.45) is 7.17. The van der Waals surface area contributed by atoms with Gasteiger partial charge in [-0.05, 0) is 142 Å². The lowest BCUT2D eigenvalue weighted by Gasteiger charge is -2.12. The van der Waals surface area contributed by atoms with E-state index in [0.717, 1.165) is 100 Å². The number of nitrogens with zero attached hydrogens (tertiary/aromatic N) is 3. The molecule has 0 fully saturated rings. The van der Waals surface area contributed by atoms with E-state index in [2.05, 4.69) is 251 Å². The molecular formula is C73H47N3O2. The number of hydrogen-bond acceptors (Lipinski definition) is 2. The van der Waals surface area contributed by atoms with Crippen LogP contribution in [0.3, 0.4) is 0 Å². The SMILES string of the molecule is C=C1/C=C\C(n2c3ccc(-c4ccccc4)cc3c3c2ccc2c4ccc5c(c6cc(-c7ccccc7)ccc6n5-c5cccc(-c6ccc7oc8ccccc8c7c6)c5)c4n(-c4ccccc4)c23)=C/Cc2ccccc2O1. The molecule has 11 aromatic carbocycles. The predicted molar refractivity (Wildman–Crippen MR) is 325 cm³/mol. The minimum atomic E-state index is 0.587. The van der Waals surface area contributed by atoms with Gasteiger partial charge < -0.3 is 22.9 Å². The Morgan fingerprint density at radius 3 is 1.59 bits per heavy atom. The molecule has 78 heavy (non-hydrogen) atoms. The summed E-state index contributed by atoms with van der Waals surface area (Å²) in [7, 11) is 0. The monoisotopic (exact) mass is 997 g/mol. The molecule has 1 aliphatic heterocycles. The molecule has 0 aliphatic carbocycles. The van der Waals surface area contributed by atoms with E-state index in [9.17, 15) is 0 Å². The maximum Gasteiger partial charge on any atom is 0.135 e. The minimum absolute atomic E-state index is 0.587. The van der Waals surface area contributed by atoms with Crippen LogP contribution in [0.25, 0.3) is 138 Å². The molecule has 0 radical (unpaired) electrons. The second kappa shape index (κ2) is 17.4. The third-order valence-electron chi connectivity index (χ3n) is 16.0. The molecule has 0 saturated carbocycles. The number of hydrogen-bond donors (Lipinski definition) is 0. The molecule has 1 aliphatic rings.